The van der Waals surface area contributed by atoms with Crippen LogP contribution in [0.1, 0.15) is 10.4 Å². The predicted octanol–water partition coefficient (Wildman–Crippen LogP) is 0.668. The number of Topliss-reactive ketones (excluding diaryl/α,β-unsaturated/α-hetero) is 1. The summed E-state index contributed by atoms with van der Waals surface area (Å²) in [5.41, 5.74) is -0.167. The second kappa shape index (κ2) is 3.78. The molecule has 0 amide bonds. The third-order valence-corrected chi connectivity index (χ3v) is 1.64. The maximum Gasteiger partial charge on any atom is 0.377 e. The van der Waals surface area contributed by atoms with Crippen molar-refractivity contribution in [1.82, 2.24) is 0 Å². The van der Waals surface area contributed by atoms with Gasteiger partial charge in [-0.3, -0.25) is 4.79 Å². The molecule has 2 N–H and O–H groups in total. The van der Waals surface area contributed by atoms with Crippen LogP contribution in [0.15, 0.2) is 18.2 Å². The number of hydrogen-bond acceptors (Lipinski definition) is 4. The van der Waals surface area contributed by atoms with E-state index in [0.29, 0.717) is 0 Å². The van der Waals surface area contributed by atoms with E-state index in [9.17, 15) is 14.7 Å². The van der Waals surface area contributed by atoms with E-state index in [0.717, 1.165) is 0 Å². The number of methoxy groups -OCH3 is 1. The Labute approximate surface area is 79.6 Å². The molecule has 1 aromatic carbocycles. The number of carbonyl (C=O) groups is 2. The highest BCUT2D eigenvalue weighted by Crippen LogP contribution is 2.29. The van der Waals surface area contributed by atoms with Crippen molar-refractivity contribution in [1.29, 1.82) is 0 Å². The first kappa shape index (κ1) is 10.0. The van der Waals surface area contributed by atoms with Gasteiger partial charge in [-0.2, -0.15) is 0 Å². The Bertz CT molecular complexity index is 383. The van der Waals surface area contributed by atoms with Gasteiger partial charge in [0.15, 0.2) is 11.5 Å². The average molecular weight is 196 g/mol. The Hall–Kier alpha value is -2.04. The second-order valence-electron chi connectivity index (χ2n) is 2.49. The maximum atomic E-state index is 11.1. The molecular formula is C9H8O5. The molecule has 0 aliphatic heterocycles. The van der Waals surface area contributed by atoms with Crippen molar-refractivity contribution in [2.75, 3.05) is 7.11 Å². The lowest BCUT2D eigenvalue weighted by atomic mass is 10.1. The summed E-state index contributed by atoms with van der Waals surface area (Å²) < 4.78 is 4.71. The van der Waals surface area contributed by atoms with Crippen LogP contribution >= 0.6 is 0 Å². The normalized spacial score (nSPS) is 9.50. The Morgan fingerprint density at radius 2 is 2.00 bits per heavy atom. The molecule has 0 radical (unpaired) electrons. The van der Waals surface area contributed by atoms with E-state index in [1.165, 1.54) is 25.3 Å². The van der Waals surface area contributed by atoms with Gasteiger partial charge in [-0.25, -0.2) is 4.79 Å². The molecule has 5 nitrogen and oxygen atoms in total. The molecule has 0 aliphatic rings. The van der Waals surface area contributed by atoms with Crippen molar-refractivity contribution in [3.05, 3.63) is 23.8 Å². The molecule has 0 fully saturated rings. The molecule has 0 aliphatic carbocycles. The van der Waals surface area contributed by atoms with Gasteiger partial charge in [0.05, 0.1) is 12.7 Å². The quantitative estimate of drug-likeness (QED) is 0.548. The van der Waals surface area contributed by atoms with E-state index < -0.39 is 11.8 Å². The summed E-state index contributed by atoms with van der Waals surface area (Å²) >= 11 is 0. The highest BCUT2D eigenvalue weighted by molar-refractivity contribution is 6.40. The number of carbonyl (C=O) groups excluding carboxylic acids is 1. The van der Waals surface area contributed by atoms with Gasteiger partial charge in [0.2, 0.25) is 0 Å². The van der Waals surface area contributed by atoms with Crippen LogP contribution in [-0.4, -0.2) is 29.1 Å². The fourth-order valence-corrected chi connectivity index (χ4v) is 1.03. The summed E-state index contributed by atoms with van der Waals surface area (Å²) in [6.07, 6.45) is 0. The number of para-hydroxylation sites is 1. The summed E-state index contributed by atoms with van der Waals surface area (Å²) in [5.74, 6) is -3.09. The molecule has 5 heteroatoms. The smallest absolute Gasteiger partial charge is 0.377 e. The molecule has 1 rings (SSSR count). The van der Waals surface area contributed by atoms with Gasteiger partial charge >= 0.3 is 5.97 Å². The van der Waals surface area contributed by atoms with Crippen molar-refractivity contribution >= 4 is 11.8 Å². The Morgan fingerprint density at radius 3 is 2.50 bits per heavy atom. The van der Waals surface area contributed by atoms with Crippen molar-refractivity contribution < 1.29 is 24.5 Å². The van der Waals surface area contributed by atoms with E-state index in [4.69, 9.17) is 9.84 Å². The summed E-state index contributed by atoms with van der Waals surface area (Å²) in [4.78, 5) is 21.5. The number of hydrogen-bond donors (Lipinski definition) is 2. The number of phenolic OH excluding ortho intramolecular Hbond substituents is 1. The Morgan fingerprint density at radius 1 is 1.36 bits per heavy atom. The summed E-state index contributed by atoms with van der Waals surface area (Å²) in [5, 5.41) is 17.7. The maximum absolute atomic E-state index is 11.1. The van der Waals surface area contributed by atoms with Gasteiger partial charge in [0.1, 0.15) is 0 Å². The zero-order valence-corrected chi connectivity index (χ0v) is 7.35. The number of phenols is 1. The van der Waals surface area contributed by atoms with Gasteiger partial charge in [-0.15, -0.1) is 0 Å². The molecular weight excluding hydrogens is 188 g/mol. The van der Waals surface area contributed by atoms with Crippen LogP contribution in [0.25, 0.3) is 0 Å². The lowest BCUT2D eigenvalue weighted by Crippen LogP contribution is -2.13. The van der Waals surface area contributed by atoms with E-state index in [1.807, 2.05) is 0 Å². The number of carboxylic acid groups (broad SMARTS) is 1. The van der Waals surface area contributed by atoms with E-state index in [-0.39, 0.29) is 17.1 Å². The summed E-state index contributed by atoms with van der Waals surface area (Å²) in [7, 11) is 1.24. The second-order valence-corrected chi connectivity index (χ2v) is 2.49. The number of benzene rings is 1. The standard InChI is InChI=1S/C9H8O5/c1-14-8-5(7(11)9(12)13)3-2-4-6(8)10/h2-4,10H,1H3,(H,12,13). The zero-order chi connectivity index (χ0) is 10.7. The van der Waals surface area contributed by atoms with Crippen LogP contribution in [0.2, 0.25) is 0 Å². The highest BCUT2D eigenvalue weighted by Gasteiger charge is 2.20. The van der Waals surface area contributed by atoms with Gasteiger partial charge in [0.25, 0.3) is 5.78 Å². The highest BCUT2D eigenvalue weighted by atomic mass is 16.5. The predicted molar refractivity (Wildman–Crippen MR) is 46.6 cm³/mol. The van der Waals surface area contributed by atoms with Gasteiger partial charge in [-0.1, -0.05) is 6.07 Å². The third kappa shape index (κ3) is 1.66. The minimum atomic E-state index is -1.59. The van der Waals surface area contributed by atoms with Gasteiger partial charge < -0.3 is 14.9 Å². The van der Waals surface area contributed by atoms with Crippen molar-refractivity contribution in [2.45, 2.75) is 0 Å². The van der Waals surface area contributed by atoms with E-state index in [2.05, 4.69) is 0 Å². The van der Waals surface area contributed by atoms with Crippen LogP contribution < -0.4 is 4.74 Å². The topological polar surface area (TPSA) is 83.8 Å². The van der Waals surface area contributed by atoms with Crippen LogP contribution in [0, 0.1) is 0 Å². The number of rotatable bonds is 3. The molecule has 0 saturated heterocycles. The first-order valence-corrected chi connectivity index (χ1v) is 3.71. The molecule has 0 bridgehead atoms. The Balaban J connectivity index is 3.27. The van der Waals surface area contributed by atoms with Crippen LogP contribution in [0.4, 0.5) is 0 Å². The fourth-order valence-electron chi connectivity index (χ4n) is 1.03. The molecule has 0 saturated carbocycles. The van der Waals surface area contributed by atoms with Crippen LogP contribution in [0.5, 0.6) is 11.5 Å². The first-order chi connectivity index (χ1) is 6.57. The monoisotopic (exact) mass is 196 g/mol. The van der Waals surface area contributed by atoms with Crippen molar-refractivity contribution in [2.24, 2.45) is 0 Å². The van der Waals surface area contributed by atoms with Crippen LogP contribution in [0.3, 0.4) is 0 Å². The Kier molecular flexibility index (Phi) is 2.71. The number of carboxylic acids is 1. The third-order valence-electron chi connectivity index (χ3n) is 1.64. The molecule has 0 aromatic heterocycles. The number of ether oxygens (including phenoxy) is 1. The lowest BCUT2D eigenvalue weighted by molar-refractivity contribution is -0.131. The first-order valence-electron chi connectivity index (χ1n) is 3.71. The minimum Gasteiger partial charge on any atom is -0.504 e. The summed E-state index contributed by atoms with van der Waals surface area (Å²) in [6, 6.07) is 3.94. The number of aromatic hydroxyl groups is 1. The van der Waals surface area contributed by atoms with Gasteiger partial charge in [0, 0.05) is 0 Å². The fraction of sp³-hybridized carbons (Fsp3) is 0.111. The molecule has 74 valence electrons. The molecule has 14 heavy (non-hydrogen) atoms. The van der Waals surface area contributed by atoms with Crippen LogP contribution in [-0.2, 0) is 4.79 Å². The molecule has 1 aromatic rings. The largest absolute Gasteiger partial charge is 0.504 e. The molecule has 0 unspecified atom stereocenters. The van der Waals surface area contributed by atoms with Crippen molar-refractivity contribution in [3.8, 4) is 11.5 Å². The minimum absolute atomic E-state index is 0.125. The number of aliphatic carboxylic acids is 1. The average Bonchev–Trinajstić information content (AvgIpc) is 2.16. The van der Waals surface area contributed by atoms with E-state index in [1.54, 1.807) is 0 Å². The molecule has 0 spiro atoms. The van der Waals surface area contributed by atoms with E-state index >= 15 is 0 Å². The summed E-state index contributed by atoms with van der Waals surface area (Å²) in [6.45, 7) is 0. The van der Waals surface area contributed by atoms with Crippen molar-refractivity contribution in [3.63, 3.8) is 0 Å². The molecule has 0 heterocycles. The van der Waals surface area contributed by atoms with Gasteiger partial charge in [-0.05, 0) is 12.1 Å². The zero-order valence-electron chi connectivity index (χ0n) is 7.35. The number of ketones is 1. The lowest BCUT2D eigenvalue weighted by Gasteiger charge is -2.06. The SMILES string of the molecule is COc1c(O)cccc1C(=O)C(=O)O. The molecule has 0 atom stereocenters.